The molecule has 0 fully saturated rings. The molecule has 0 atom stereocenters. The quantitative estimate of drug-likeness (QED) is 0.670. The third-order valence-corrected chi connectivity index (χ3v) is 3.84. The second-order valence-corrected chi connectivity index (χ2v) is 6.35. The van der Waals surface area contributed by atoms with Gasteiger partial charge in [-0.1, -0.05) is 30.6 Å². The van der Waals surface area contributed by atoms with Crippen LogP contribution >= 0.6 is 23.2 Å². The highest BCUT2D eigenvalue weighted by molar-refractivity contribution is 6.30. The predicted molar refractivity (Wildman–Crippen MR) is 112 cm³/mol. The Balaban J connectivity index is 0.000000568. The number of anilines is 2. The number of nitrogens with two attached hydrogens (primary N) is 1. The van der Waals surface area contributed by atoms with Gasteiger partial charge in [-0.15, -0.1) is 0 Å². The van der Waals surface area contributed by atoms with E-state index in [0.717, 1.165) is 10.5 Å². The van der Waals surface area contributed by atoms with Gasteiger partial charge in [0, 0.05) is 13.8 Å². The highest BCUT2D eigenvalue weighted by atomic mass is 35.5. The topological polar surface area (TPSA) is 137 Å². The summed E-state index contributed by atoms with van der Waals surface area (Å²) in [6, 6.07) is 6.80. The van der Waals surface area contributed by atoms with E-state index in [4.69, 9.17) is 39.5 Å². The largest absolute Gasteiger partial charge is 0.396 e. The molecule has 2 amide bonds. The van der Waals surface area contributed by atoms with Crippen molar-refractivity contribution < 1.29 is 9.59 Å². The molecule has 0 radical (unpaired) electrons. The molecule has 0 spiro atoms. The average molecular weight is 435 g/mol. The molecule has 10 heteroatoms. The summed E-state index contributed by atoms with van der Waals surface area (Å²) in [5.74, 6) is -0.942. The molecule has 0 aliphatic carbocycles. The number of nitrogens with zero attached hydrogens (tertiary/aromatic N) is 5. The summed E-state index contributed by atoms with van der Waals surface area (Å²) in [5, 5.41) is 17.9. The van der Waals surface area contributed by atoms with Crippen LogP contribution in [0.25, 0.3) is 0 Å². The number of carbonyl (C=O) groups excluding carboxylic acids is 2. The number of aromatic nitrogens is 2. The van der Waals surface area contributed by atoms with Crippen molar-refractivity contribution in [2.45, 2.75) is 35.1 Å². The molecule has 2 N–H and O–H groups in total. The minimum Gasteiger partial charge on any atom is -0.396 e. The van der Waals surface area contributed by atoms with Gasteiger partial charge in [0.1, 0.15) is 22.4 Å². The van der Waals surface area contributed by atoms with Crippen LogP contribution in [0.4, 0.5) is 11.4 Å². The highest BCUT2D eigenvalue weighted by Crippen LogP contribution is 2.26. The van der Waals surface area contributed by atoms with Crippen LogP contribution in [0.15, 0.2) is 12.1 Å². The van der Waals surface area contributed by atoms with Crippen LogP contribution in [-0.2, 0) is 9.59 Å². The zero-order valence-electron chi connectivity index (χ0n) is 15.5. The number of hydrogen-bond donors (Lipinski definition) is 1. The lowest BCUT2D eigenvalue weighted by atomic mass is 10.1. The molecule has 29 heavy (non-hydrogen) atoms. The predicted octanol–water partition coefficient (Wildman–Crippen LogP) is 3.95. The Bertz CT molecular complexity index is 1010. The van der Waals surface area contributed by atoms with Crippen LogP contribution in [0, 0.1) is 36.5 Å². The summed E-state index contributed by atoms with van der Waals surface area (Å²) in [6.07, 6.45) is 0. The molecular formula is C19H20Cl2N6O2. The number of nitrogen functional groups attached to an aromatic ring is 1. The summed E-state index contributed by atoms with van der Waals surface area (Å²) in [5.41, 5.74) is 7.59. The van der Waals surface area contributed by atoms with Gasteiger partial charge >= 0.3 is 0 Å². The molecule has 0 bridgehead atoms. The van der Waals surface area contributed by atoms with E-state index in [9.17, 15) is 9.59 Å². The van der Waals surface area contributed by atoms with Crippen molar-refractivity contribution in [2.75, 3.05) is 10.6 Å². The fourth-order valence-electron chi connectivity index (χ4n) is 2.25. The summed E-state index contributed by atoms with van der Waals surface area (Å²) < 4.78 is 0. The smallest absolute Gasteiger partial charge is 0.230 e. The number of carbonyl (C=O) groups is 2. The maximum Gasteiger partial charge on any atom is 0.230 e. The molecule has 0 aromatic carbocycles. The van der Waals surface area contributed by atoms with E-state index in [1.165, 1.54) is 19.9 Å². The van der Waals surface area contributed by atoms with Crippen LogP contribution < -0.4 is 10.6 Å². The summed E-state index contributed by atoms with van der Waals surface area (Å²) in [7, 11) is 0. The first-order chi connectivity index (χ1) is 13.0. The first-order valence-electron chi connectivity index (χ1n) is 7.74. The highest BCUT2D eigenvalue weighted by Gasteiger charge is 2.23. The van der Waals surface area contributed by atoms with E-state index in [1.807, 2.05) is 12.1 Å². The van der Waals surface area contributed by atoms with E-state index in [-0.39, 0.29) is 29.7 Å². The number of nitriles is 2. The molecule has 0 aliphatic rings. The maximum atomic E-state index is 11.4. The number of pyridine rings is 2. The van der Waals surface area contributed by atoms with Gasteiger partial charge in [-0.25, -0.2) is 14.9 Å². The lowest BCUT2D eigenvalue weighted by Gasteiger charge is -2.20. The van der Waals surface area contributed by atoms with Gasteiger partial charge in [0.25, 0.3) is 0 Å². The summed E-state index contributed by atoms with van der Waals surface area (Å²) in [4.78, 5) is 31.3. The van der Waals surface area contributed by atoms with Crippen molar-refractivity contribution in [1.29, 1.82) is 10.5 Å². The van der Waals surface area contributed by atoms with E-state index < -0.39 is 11.8 Å². The normalized spacial score (nSPS) is 9.10. The zero-order chi connectivity index (χ0) is 21.6. The number of rotatable bonds is 1. The van der Waals surface area contributed by atoms with Gasteiger partial charge in [-0.3, -0.25) is 9.59 Å². The van der Waals surface area contributed by atoms with Gasteiger partial charge in [0.2, 0.25) is 11.8 Å². The first kappa shape index (κ1) is 25.8. The van der Waals surface area contributed by atoms with Gasteiger partial charge in [-0.2, -0.15) is 10.5 Å². The van der Waals surface area contributed by atoms with Crippen LogP contribution in [0.1, 0.15) is 43.8 Å². The van der Waals surface area contributed by atoms with Gasteiger partial charge < -0.3 is 5.73 Å². The Hall–Kier alpha value is -3.20. The van der Waals surface area contributed by atoms with Crippen molar-refractivity contribution in [3.8, 4) is 12.1 Å². The summed E-state index contributed by atoms with van der Waals surface area (Å²) in [6.45, 7) is 5.93. The first-order valence-corrected chi connectivity index (χ1v) is 8.50. The minimum absolute atomic E-state index is 0. The van der Waals surface area contributed by atoms with Crippen molar-refractivity contribution in [3.63, 3.8) is 0 Å². The van der Waals surface area contributed by atoms with Crippen LogP contribution in [-0.4, -0.2) is 21.8 Å². The molecule has 8 nitrogen and oxygen atoms in total. The van der Waals surface area contributed by atoms with Crippen molar-refractivity contribution in [2.24, 2.45) is 0 Å². The lowest BCUT2D eigenvalue weighted by molar-refractivity contribution is -0.124. The van der Waals surface area contributed by atoms with Gasteiger partial charge in [-0.05, 0) is 37.1 Å². The minimum atomic E-state index is -0.471. The SMILES string of the molecule is C.CC(=O)N(C(C)=O)c1c(C)cc(Cl)nc1C#N.Cc1cc(Cl)nc(C#N)c1N. The summed E-state index contributed by atoms with van der Waals surface area (Å²) >= 11 is 11.3. The Morgan fingerprint density at radius 2 is 1.38 bits per heavy atom. The number of halogens is 2. The maximum absolute atomic E-state index is 11.4. The second-order valence-electron chi connectivity index (χ2n) is 5.58. The lowest BCUT2D eigenvalue weighted by Crippen LogP contribution is -2.34. The van der Waals surface area contributed by atoms with Crippen LogP contribution in [0.5, 0.6) is 0 Å². The Morgan fingerprint density at radius 3 is 1.79 bits per heavy atom. The van der Waals surface area contributed by atoms with E-state index in [2.05, 4.69) is 9.97 Å². The van der Waals surface area contributed by atoms with Crippen molar-refractivity contribution in [3.05, 3.63) is 45.0 Å². The average Bonchev–Trinajstić information content (AvgIpc) is 2.59. The molecule has 2 aromatic rings. The van der Waals surface area contributed by atoms with Crippen molar-refractivity contribution in [1.82, 2.24) is 9.97 Å². The molecule has 152 valence electrons. The molecule has 2 rings (SSSR count). The van der Waals surface area contributed by atoms with E-state index >= 15 is 0 Å². The second kappa shape index (κ2) is 11.0. The zero-order valence-corrected chi connectivity index (χ0v) is 17.1. The third kappa shape index (κ3) is 6.42. The Morgan fingerprint density at radius 1 is 0.966 bits per heavy atom. The molecular weight excluding hydrogens is 415 g/mol. The van der Waals surface area contributed by atoms with E-state index in [0.29, 0.717) is 16.4 Å². The van der Waals surface area contributed by atoms with Crippen molar-refractivity contribution >= 4 is 46.4 Å². The number of amides is 2. The number of aryl methyl sites for hydroxylation is 2. The monoisotopic (exact) mass is 434 g/mol. The van der Waals surface area contributed by atoms with Crippen LogP contribution in [0.2, 0.25) is 10.3 Å². The van der Waals surface area contributed by atoms with Gasteiger partial charge in [0.15, 0.2) is 11.4 Å². The van der Waals surface area contributed by atoms with E-state index in [1.54, 1.807) is 19.9 Å². The number of hydrogen-bond acceptors (Lipinski definition) is 7. The molecule has 2 aromatic heterocycles. The molecule has 0 aliphatic heterocycles. The van der Waals surface area contributed by atoms with Crippen LogP contribution in [0.3, 0.4) is 0 Å². The fourth-order valence-corrected chi connectivity index (χ4v) is 2.75. The molecule has 0 saturated heterocycles. The number of imide groups is 1. The molecule has 2 heterocycles. The fraction of sp³-hybridized carbons (Fsp3) is 0.263. The third-order valence-electron chi connectivity index (χ3n) is 3.45. The van der Waals surface area contributed by atoms with Gasteiger partial charge in [0.05, 0.1) is 11.4 Å². The Labute approximate surface area is 179 Å². The Kier molecular flexibility index (Phi) is 9.75. The molecule has 0 unspecified atom stereocenters. The standard InChI is InChI=1S/C11H10ClN3O2.C7H6ClN3.CH4/c1-6-4-10(12)14-9(5-13)11(6)15(7(2)16)8(3)17;1-4-2-6(8)11-5(3-9)7(4)10;/h4H,1-3H3;2H,10H2,1H3;1H4. The molecule has 0 saturated carbocycles.